The van der Waals surface area contributed by atoms with E-state index in [2.05, 4.69) is 17.1 Å². The molecule has 138 valence electrons. The summed E-state index contributed by atoms with van der Waals surface area (Å²) in [6, 6.07) is 0. The maximum Gasteiger partial charge on any atom is 0.225 e. The predicted molar refractivity (Wildman–Crippen MR) is 93.6 cm³/mol. The Morgan fingerprint density at radius 1 is 1.04 bits per heavy atom. The SMILES string of the molecule is CCN1CCN(C(=O)C2CCC(C(=O)NCCCOC)CC2)CC1. The lowest BCUT2D eigenvalue weighted by atomic mass is 9.81. The number of carbonyl (C=O) groups is 2. The van der Waals surface area contributed by atoms with Gasteiger partial charge in [0, 0.05) is 58.3 Å². The minimum atomic E-state index is 0.0773. The third-order valence-electron chi connectivity index (χ3n) is 5.40. The molecule has 0 bridgehead atoms. The van der Waals surface area contributed by atoms with Crippen molar-refractivity contribution in [2.45, 2.75) is 39.0 Å². The lowest BCUT2D eigenvalue weighted by Crippen LogP contribution is -2.50. The van der Waals surface area contributed by atoms with Gasteiger partial charge in [0.15, 0.2) is 0 Å². The molecule has 1 saturated carbocycles. The normalized spacial score (nSPS) is 25.5. The molecule has 2 rings (SSSR count). The second-order valence-electron chi connectivity index (χ2n) is 6.95. The Morgan fingerprint density at radius 2 is 1.67 bits per heavy atom. The molecule has 6 nitrogen and oxygen atoms in total. The molecule has 0 atom stereocenters. The van der Waals surface area contributed by atoms with Crippen molar-refractivity contribution in [3.63, 3.8) is 0 Å². The Balaban J connectivity index is 1.68. The maximum absolute atomic E-state index is 12.7. The lowest BCUT2D eigenvalue weighted by Gasteiger charge is -2.37. The van der Waals surface area contributed by atoms with Crippen molar-refractivity contribution in [2.24, 2.45) is 11.8 Å². The number of amides is 2. The summed E-state index contributed by atoms with van der Waals surface area (Å²) in [5, 5.41) is 2.99. The first-order valence-electron chi connectivity index (χ1n) is 9.43. The molecule has 1 saturated heterocycles. The van der Waals surface area contributed by atoms with E-state index in [4.69, 9.17) is 4.74 Å². The average molecular weight is 339 g/mol. The molecular weight excluding hydrogens is 306 g/mol. The monoisotopic (exact) mass is 339 g/mol. The van der Waals surface area contributed by atoms with Crippen molar-refractivity contribution in [1.29, 1.82) is 0 Å². The van der Waals surface area contributed by atoms with Gasteiger partial charge in [-0.25, -0.2) is 0 Å². The molecule has 1 N–H and O–H groups in total. The van der Waals surface area contributed by atoms with E-state index in [1.165, 1.54) is 0 Å². The number of carbonyl (C=O) groups excluding carboxylic acids is 2. The first-order valence-corrected chi connectivity index (χ1v) is 9.43. The number of nitrogens with one attached hydrogen (secondary N) is 1. The van der Waals surface area contributed by atoms with E-state index in [9.17, 15) is 9.59 Å². The van der Waals surface area contributed by atoms with Crippen LogP contribution in [0.5, 0.6) is 0 Å². The van der Waals surface area contributed by atoms with Gasteiger partial charge in [-0.15, -0.1) is 0 Å². The average Bonchev–Trinajstić information content (AvgIpc) is 2.64. The highest BCUT2D eigenvalue weighted by atomic mass is 16.5. The van der Waals surface area contributed by atoms with Crippen LogP contribution in [-0.2, 0) is 14.3 Å². The molecule has 0 radical (unpaired) electrons. The van der Waals surface area contributed by atoms with Crippen molar-refractivity contribution in [3.8, 4) is 0 Å². The molecule has 0 aromatic carbocycles. The Hall–Kier alpha value is -1.14. The Kier molecular flexibility index (Phi) is 7.99. The van der Waals surface area contributed by atoms with Crippen LogP contribution in [0.15, 0.2) is 0 Å². The summed E-state index contributed by atoms with van der Waals surface area (Å²) in [5.41, 5.74) is 0. The quantitative estimate of drug-likeness (QED) is 0.706. The maximum atomic E-state index is 12.7. The van der Waals surface area contributed by atoms with E-state index in [-0.39, 0.29) is 17.7 Å². The van der Waals surface area contributed by atoms with Gasteiger partial charge in [-0.2, -0.15) is 0 Å². The summed E-state index contributed by atoms with van der Waals surface area (Å²) in [4.78, 5) is 29.2. The van der Waals surface area contributed by atoms with Crippen LogP contribution >= 0.6 is 0 Å². The first-order chi connectivity index (χ1) is 11.7. The number of ether oxygens (including phenoxy) is 1. The van der Waals surface area contributed by atoms with Gasteiger partial charge in [0.25, 0.3) is 0 Å². The number of rotatable bonds is 7. The number of hydrogen-bond acceptors (Lipinski definition) is 4. The van der Waals surface area contributed by atoms with Gasteiger partial charge in [0.1, 0.15) is 0 Å². The van der Waals surface area contributed by atoms with Crippen LogP contribution in [0.1, 0.15) is 39.0 Å². The predicted octanol–water partition coefficient (Wildman–Crippen LogP) is 1.11. The van der Waals surface area contributed by atoms with Crippen molar-refractivity contribution in [1.82, 2.24) is 15.1 Å². The van der Waals surface area contributed by atoms with Crippen LogP contribution in [0.4, 0.5) is 0 Å². The van der Waals surface area contributed by atoms with E-state index in [0.29, 0.717) is 19.1 Å². The number of likely N-dealkylation sites (N-methyl/N-ethyl adjacent to an activating group) is 1. The van der Waals surface area contributed by atoms with Crippen molar-refractivity contribution >= 4 is 11.8 Å². The fraction of sp³-hybridized carbons (Fsp3) is 0.889. The molecule has 2 aliphatic rings. The molecule has 0 spiro atoms. The van der Waals surface area contributed by atoms with E-state index in [0.717, 1.165) is 64.8 Å². The van der Waals surface area contributed by atoms with Crippen LogP contribution in [-0.4, -0.2) is 74.6 Å². The fourth-order valence-corrected chi connectivity index (χ4v) is 3.72. The molecule has 1 aliphatic heterocycles. The highest BCUT2D eigenvalue weighted by Crippen LogP contribution is 2.30. The second kappa shape index (κ2) is 9.99. The summed E-state index contributed by atoms with van der Waals surface area (Å²) in [7, 11) is 1.67. The van der Waals surface area contributed by atoms with Gasteiger partial charge in [0.05, 0.1) is 0 Å². The summed E-state index contributed by atoms with van der Waals surface area (Å²) < 4.78 is 4.98. The van der Waals surface area contributed by atoms with Gasteiger partial charge < -0.3 is 19.9 Å². The zero-order valence-corrected chi connectivity index (χ0v) is 15.3. The summed E-state index contributed by atoms with van der Waals surface area (Å²) >= 11 is 0. The van der Waals surface area contributed by atoms with E-state index in [1.807, 2.05) is 4.90 Å². The Morgan fingerprint density at radius 3 is 2.25 bits per heavy atom. The summed E-state index contributed by atoms with van der Waals surface area (Å²) in [5.74, 6) is 0.655. The van der Waals surface area contributed by atoms with Gasteiger partial charge >= 0.3 is 0 Å². The van der Waals surface area contributed by atoms with Gasteiger partial charge in [-0.3, -0.25) is 9.59 Å². The minimum absolute atomic E-state index is 0.0773. The first kappa shape index (κ1) is 19.2. The topological polar surface area (TPSA) is 61.9 Å². The van der Waals surface area contributed by atoms with Crippen LogP contribution in [0, 0.1) is 11.8 Å². The van der Waals surface area contributed by atoms with Crippen molar-refractivity contribution in [3.05, 3.63) is 0 Å². The zero-order chi connectivity index (χ0) is 17.4. The van der Waals surface area contributed by atoms with Gasteiger partial charge in [-0.1, -0.05) is 6.92 Å². The second-order valence-corrected chi connectivity index (χ2v) is 6.95. The van der Waals surface area contributed by atoms with Crippen molar-refractivity contribution in [2.75, 3.05) is 53.0 Å². The van der Waals surface area contributed by atoms with Crippen LogP contribution in [0.2, 0.25) is 0 Å². The van der Waals surface area contributed by atoms with E-state index in [1.54, 1.807) is 7.11 Å². The molecule has 1 aliphatic carbocycles. The molecule has 2 fully saturated rings. The third-order valence-corrected chi connectivity index (χ3v) is 5.40. The molecule has 0 aromatic rings. The fourth-order valence-electron chi connectivity index (χ4n) is 3.72. The van der Waals surface area contributed by atoms with Crippen LogP contribution in [0.3, 0.4) is 0 Å². The molecule has 2 amide bonds. The molecule has 1 heterocycles. The number of methoxy groups -OCH3 is 1. The Labute approximate surface area is 145 Å². The minimum Gasteiger partial charge on any atom is -0.385 e. The number of hydrogen-bond donors (Lipinski definition) is 1. The van der Waals surface area contributed by atoms with E-state index >= 15 is 0 Å². The highest BCUT2D eigenvalue weighted by molar-refractivity contribution is 5.81. The van der Waals surface area contributed by atoms with E-state index < -0.39 is 0 Å². The van der Waals surface area contributed by atoms with Crippen molar-refractivity contribution < 1.29 is 14.3 Å². The number of piperazine rings is 1. The number of nitrogens with zero attached hydrogens (tertiary/aromatic N) is 2. The Bertz CT molecular complexity index is 400. The highest BCUT2D eigenvalue weighted by Gasteiger charge is 2.32. The summed E-state index contributed by atoms with van der Waals surface area (Å²) in [6.45, 7) is 8.26. The zero-order valence-electron chi connectivity index (χ0n) is 15.3. The van der Waals surface area contributed by atoms with Gasteiger partial charge in [0.2, 0.25) is 11.8 Å². The standard InChI is InChI=1S/C18H33N3O3/c1-3-20-10-12-21(13-11-20)18(23)16-7-5-15(6-8-16)17(22)19-9-4-14-24-2/h15-16H,3-14H2,1-2H3,(H,19,22). The third kappa shape index (κ3) is 5.45. The van der Waals surface area contributed by atoms with Gasteiger partial charge in [-0.05, 0) is 38.6 Å². The summed E-state index contributed by atoms with van der Waals surface area (Å²) in [6.07, 6.45) is 4.22. The molecular formula is C18H33N3O3. The van der Waals surface area contributed by atoms with Crippen LogP contribution in [0.25, 0.3) is 0 Å². The molecule has 0 aromatic heterocycles. The smallest absolute Gasteiger partial charge is 0.225 e. The largest absolute Gasteiger partial charge is 0.385 e. The van der Waals surface area contributed by atoms with Crippen LogP contribution < -0.4 is 5.32 Å². The molecule has 24 heavy (non-hydrogen) atoms. The molecule has 0 unspecified atom stereocenters. The molecule has 6 heteroatoms. The lowest BCUT2D eigenvalue weighted by molar-refractivity contribution is -0.140.